The van der Waals surface area contributed by atoms with E-state index in [0.29, 0.717) is 11.8 Å². The number of rotatable bonds is 2. The second-order valence-electron chi connectivity index (χ2n) is 2.06. The number of hydrogen-bond donors (Lipinski definition) is 1. The van der Waals surface area contributed by atoms with Crippen molar-refractivity contribution in [2.45, 2.75) is 13.5 Å². The molecule has 66 valence electrons. The Hall–Kier alpha value is -1.59. The summed E-state index contributed by atoms with van der Waals surface area (Å²) >= 11 is 0. The number of nitrogens with one attached hydrogen (secondary N) is 1. The number of hydrogen-bond acceptors (Lipinski definition) is 5. The van der Waals surface area contributed by atoms with Crippen molar-refractivity contribution in [3.8, 4) is 0 Å². The van der Waals surface area contributed by atoms with Crippen molar-refractivity contribution < 1.29 is 13.9 Å². The van der Waals surface area contributed by atoms with E-state index in [1.807, 2.05) is 0 Å². The van der Waals surface area contributed by atoms with Crippen molar-refractivity contribution in [2.24, 2.45) is 0 Å². The standard InChI is InChI=1S/C6H9N3O3/c1-4-8-9-5(12-4)3-7-6(10)11-2/h3H2,1-2H3,(H,7,10). The quantitative estimate of drug-likeness (QED) is 0.689. The maximum absolute atomic E-state index is 10.6. The Morgan fingerprint density at radius 2 is 2.42 bits per heavy atom. The topological polar surface area (TPSA) is 77.2 Å². The van der Waals surface area contributed by atoms with Crippen LogP contribution in [0.25, 0.3) is 0 Å². The zero-order valence-corrected chi connectivity index (χ0v) is 6.83. The summed E-state index contributed by atoms with van der Waals surface area (Å²) in [4.78, 5) is 10.6. The van der Waals surface area contributed by atoms with E-state index >= 15 is 0 Å². The lowest BCUT2D eigenvalue weighted by atomic mass is 10.6. The fraction of sp³-hybridized carbons (Fsp3) is 0.500. The zero-order chi connectivity index (χ0) is 8.97. The van der Waals surface area contributed by atoms with Crippen molar-refractivity contribution in [2.75, 3.05) is 7.11 Å². The zero-order valence-electron chi connectivity index (χ0n) is 6.83. The molecule has 0 aliphatic carbocycles. The van der Waals surface area contributed by atoms with Crippen molar-refractivity contribution in [3.05, 3.63) is 11.8 Å². The summed E-state index contributed by atoms with van der Waals surface area (Å²) in [6, 6.07) is 0. The first-order chi connectivity index (χ1) is 5.72. The molecule has 0 bridgehead atoms. The average Bonchev–Trinajstić information content (AvgIpc) is 2.47. The summed E-state index contributed by atoms with van der Waals surface area (Å²) < 4.78 is 9.32. The first-order valence-electron chi connectivity index (χ1n) is 3.33. The highest BCUT2D eigenvalue weighted by molar-refractivity contribution is 5.66. The van der Waals surface area contributed by atoms with E-state index in [4.69, 9.17) is 4.42 Å². The van der Waals surface area contributed by atoms with Gasteiger partial charge < -0.3 is 14.5 Å². The van der Waals surface area contributed by atoms with Gasteiger partial charge in [0.25, 0.3) is 0 Å². The van der Waals surface area contributed by atoms with Crippen molar-refractivity contribution >= 4 is 6.09 Å². The highest BCUT2D eigenvalue weighted by Gasteiger charge is 2.03. The molecule has 1 rings (SSSR count). The normalized spacial score (nSPS) is 9.50. The molecule has 0 aliphatic heterocycles. The molecule has 6 nitrogen and oxygen atoms in total. The smallest absolute Gasteiger partial charge is 0.407 e. The van der Waals surface area contributed by atoms with E-state index in [2.05, 4.69) is 20.3 Å². The Morgan fingerprint density at radius 3 is 2.92 bits per heavy atom. The maximum Gasteiger partial charge on any atom is 0.407 e. The van der Waals surface area contributed by atoms with Gasteiger partial charge in [0.15, 0.2) is 0 Å². The number of alkyl carbamates (subject to hydrolysis) is 1. The molecular formula is C6H9N3O3. The predicted molar refractivity (Wildman–Crippen MR) is 38.3 cm³/mol. The Bertz CT molecular complexity index is 271. The molecule has 1 aromatic heterocycles. The van der Waals surface area contributed by atoms with Crippen LogP contribution >= 0.6 is 0 Å². The van der Waals surface area contributed by atoms with Crippen LogP contribution in [0.5, 0.6) is 0 Å². The van der Waals surface area contributed by atoms with Crippen LogP contribution in [-0.4, -0.2) is 23.4 Å². The summed E-state index contributed by atoms with van der Waals surface area (Å²) in [5.74, 6) is 0.828. The number of aromatic nitrogens is 2. The molecule has 0 fully saturated rings. The fourth-order valence-electron chi connectivity index (χ4n) is 0.629. The minimum absolute atomic E-state index is 0.188. The summed E-state index contributed by atoms with van der Waals surface area (Å²) in [6.45, 7) is 1.86. The van der Waals surface area contributed by atoms with Crippen LogP contribution in [-0.2, 0) is 11.3 Å². The average molecular weight is 171 g/mol. The van der Waals surface area contributed by atoms with Gasteiger partial charge in [-0.05, 0) is 0 Å². The molecule has 1 heterocycles. The SMILES string of the molecule is COC(=O)NCc1nnc(C)o1. The molecule has 1 amide bonds. The third kappa shape index (κ3) is 2.22. The van der Waals surface area contributed by atoms with E-state index < -0.39 is 6.09 Å². The number of ether oxygens (including phenoxy) is 1. The molecule has 0 aromatic carbocycles. The fourth-order valence-corrected chi connectivity index (χ4v) is 0.629. The van der Waals surface area contributed by atoms with Gasteiger partial charge in [0.1, 0.15) is 0 Å². The van der Waals surface area contributed by atoms with Gasteiger partial charge in [0.2, 0.25) is 11.8 Å². The molecule has 0 unspecified atom stereocenters. The third-order valence-corrected chi connectivity index (χ3v) is 1.14. The van der Waals surface area contributed by atoms with Gasteiger partial charge >= 0.3 is 6.09 Å². The molecule has 0 spiro atoms. The molecule has 1 N–H and O–H groups in total. The molecule has 12 heavy (non-hydrogen) atoms. The van der Waals surface area contributed by atoms with Gasteiger partial charge in [-0.2, -0.15) is 0 Å². The number of carbonyl (C=O) groups excluding carboxylic acids is 1. The van der Waals surface area contributed by atoms with Gasteiger partial charge in [-0.25, -0.2) is 4.79 Å². The predicted octanol–water partition coefficient (Wildman–Crippen LogP) is 0.234. The Kier molecular flexibility index (Phi) is 2.62. The van der Waals surface area contributed by atoms with Gasteiger partial charge in [0, 0.05) is 6.92 Å². The Balaban J connectivity index is 2.38. The lowest BCUT2D eigenvalue weighted by Gasteiger charge is -1.97. The minimum atomic E-state index is -0.522. The molecule has 0 saturated carbocycles. The van der Waals surface area contributed by atoms with E-state index in [9.17, 15) is 4.79 Å². The number of nitrogens with zero attached hydrogens (tertiary/aromatic N) is 2. The maximum atomic E-state index is 10.6. The molecule has 0 atom stereocenters. The van der Waals surface area contributed by atoms with Crippen LogP contribution in [0.1, 0.15) is 11.8 Å². The van der Waals surface area contributed by atoms with Crippen LogP contribution in [0.2, 0.25) is 0 Å². The summed E-state index contributed by atoms with van der Waals surface area (Å²) in [6.07, 6.45) is -0.522. The molecule has 0 saturated heterocycles. The number of aryl methyl sites for hydroxylation is 1. The molecular weight excluding hydrogens is 162 g/mol. The highest BCUT2D eigenvalue weighted by atomic mass is 16.5. The van der Waals surface area contributed by atoms with Crippen LogP contribution in [0.4, 0.5) is 4.79 Å². The number of amides is 1. The molecule has 6 heteroatoms. The monoisotopic (exact) mass is 171 g/mol. The van der Waals surface area contributed by atoms with E-state index in [1.54, 1.807) is 6.92 Å². The largest absolute Gasteiger partial charge is 0.453 e. The van der Waals surface area contributed by atoms with Crippen molar-refractivity contribution in [1.29, 1.82) is 0 Å². The van der Waals surface area contributed by atoms with E-state index in [-0.39, 0.29) is 6.54 Å². The van der Waals surface area contributed by atoms with Crippen LogP contribution in [0.15, 0.2) is 4.42 Å². The molecule has 0 aliphatic rings. The van der Waals surface area contributed by atoms with Gasteiger partial charge in [-0.3, -0.25) is 0 Å². The van der Waals surface area contributed by atoms with E-state index in [1.165, 1.54) is 7.11 Å². The number of methoxy groups -OCH3 is 1. The Labute approximate surface area is 68.9 Å². The van der Waals surface area contributed by atoms with Crippen molar-refractivity contribution in [1.82, 2.24) is 15.5 Å². The summed E-state index contributed by atoms with van der Waals surface area (Å²) in [5.41, 5.74) is 0. The molecule has 0 radical (unpaired) electrons. The lowest BCUT2D eigenvalue weighted by molar-refractivity contribution is 0.169. The van der Waals surface area contributed by atoms with Crippen LogP contribution in [0, 0.1) is 6.92 Å². The first-order valence-corrected chi connectivity index (χ1v) is 3.33. The second kappa shape index (κ2) is 3.70. The van der Waals surface area contributed by atoms with Crippen LogP contribution in [0.3, 0.4) is 0 Å². The van der Waals surface area contributed by atoms with E-state index in [0.717, 1.165) is 0 Å². The lowest BCUT2D eigenvalue weighted by Crippen LogP contribution is -2.22. The molecule has 1 aromatic rings. The first kappa shape index (κ1) is 8.51. The summed E-state index contributed by atoms with van der Waals surface area (Å²) in [5, 5.41) is 9.65. The Morgan fingerprint density at radius 1 is 1.67 bits per heavy atom. The highest BCUT2D eigenvalue weighted by Crippen LogP contribution is 1.96. The van der Waals surface area contributed by atoms with Crippen LogP contribution < -0.4 is 5.32 Å². The third-order valence-electron chi connectivity index (χ3n) is 1.14. The minimum Gasteiger partial charge on any atom is -0.453 e. The van der Waals surface area contributed by atoms with Crippen molar-refractivity contribution in [3.63, 3.8) is 0 Å². The van der Waals surface area contributed by atoms with Gasteiger partial charge in [-0.1, -0.05) is 0 Å². The summed E-state index contributed by atoms with van der Waals surface area (Å²) in [7, 11) is 1.29. The van der Waals surface area contributed by atoms with Gasteiger partial charge in [-0.15, -0.1) is 10.2 Å². The van der Waals surface area contributed by atoms with Gasteiger partial charge in [0.05, 0.1) is 13.7 Å². The second-order valence-corrected chi connectivity index (χ2v) is 2.06. The number of carbonyl (C=O) groups is 1.